The van der Waals surface area contributed by atoms with Gasteiger partial charge in [-0.1, -0.05) is 35.2 Å². The molecule has 0 saturated carbocycles. The quantitative estimate of drug-likeness (QED) is 0.547. The van der Waals surface area contributed by atoms with Gasteiger partial charge in [0, 0.05) is 0 Å². The Morgan fingerprint density at radius 3 is 1.67 bits per heavy atom. The van der Waals surface area contributed by atoms with Crippen LogP contribution in [0.15, 0.2) is 12.1 Å². The molecule has 0 nitrogen and oxygen atoms in total. The molecule has 0 bridgehead atoms. The molecule has 116 valence electrons. The van der Waals surface area contributed by atoms with E-state index in [4.69, 9.17) is 7.85 Å². The molecule has 0 saturated heterocycles. The van der Waals surface area contributed by atoms with Gasteiger partial charge >= 0.3 is 0 Å². The van der Waals surface area contributed by atoms with Crippen LogP contribution in [0.1, 0.15) is 48.9 Å². The summed E-state index contributed by atoms with van der Waals surface area (Å²) in [7, 11) is 11.9. The van der Waals surface area contributed by atoms with Gasteiger partial charge < -0.3 is 0 Å². The standard InChI is InChI=1S/C15H24BF2P3/c1-8(2)12-9(3)6-11(7-10(12)4)14(20,13(5,17)19)15(16,18)21/h6-8H,19-21H2,1-5H3. The van der Waals surface area contributed by atoms with Gasteiger partial charge in [0.1, 0.15) is 13.3 Å². The van der Waals surface area contributed by atoms with Crippen molar-refractivity contribution < 1.29 is 8.78 Å². The predicted octanol–water partition coefficient (Wildman–Crippen LogP) is 4.72. The van der Waals surface area contributed by atoms with Gasteiger partial charge in [0.25, 0.3) is 0 Å². The van der Waals surface area contributed by atoms with Gasteiger partial charge in [-0.05, 0) is 48.9 Å². The Kier molecular flexibility index (Phi) is 5.70. The summed E-state index contributed by atoms with van der Waals surface area (Å²) in [5.41, 5.74) is 3.79. The molecule has 0 aliphatic heterocycles. The number of hydrogen-bond acceptors (Lipinski definition) is 0. The van der Waals surface area contributed by atoms with E-state index in [0.29, 0.717) is 11.5 Å². The Balaban J connectivity index is 3.64. The zero-order chi connectivity index (χ0) is 16.8. The second-order valence-electron chi connectivity index (χ2n) is 6.33. The Labute approximate surface area is 135 Å². The number of benzene rings is 1. The molecule has 1 aromatic carbocycles. The van der Waals surface area contributed by atoms with Gasteiger partial charge in [0.2, 0.25) is 0 Å². The van der Waals surface area contributed by atoms with Crippen molar-refractivity contribution in [2.45, 2.75) is 56.4 Å². The SMILES string of the molecule is [B]C(F)(P)C(P)(c1cc(C)c(C(C)C)c(C)c1)C(C)(F)P. The molecule has 0 amide bonds. The van der Waals surface area contributed by atoms with Gasteiger partial charge in [0.05, 0.1) is 10.5 Å². The predicted molar refractivity (Wildman–Crippen MR) is 99.9 cm³/mol. The van der Waals surface area contributed by atoms with Gasteiger partial charge in [-0.2, -0.15) is 0 Å². The number of hydrogen-bond donors (Lipinski definition) is 0. The highest BCUT2D eigenvalue weighted by Gasteiger charge is 2.54. The summed E-state index contributed by atoms with van der Waals surface area (Å²) in [4.78, 5) is 0. The summed E-state index contributed by atoms with van der Waals surface area (Å²) >= 11 is 0. The molecule has 0 aliphatic carbocycles. The van der Waals surface area contributed by atoms with Crippen LogP contribution in [-0.2, 0) is 5.16 Å². The van der Waals surface area contributed by atoms with Crippen LogP contribution in [-0.4, -0.2) is 18.6 Å². The molecule has 1 rings (SSSR count). The van der Waals surface area contributed by atoms with Crippen LogP contribution in [0.25, 0.3) is 0 Å². The molecule has 0 fully saturated rings. The van der Waals surface area contributed by atoms with Gasteiger partial charge in [-0.3, -0.25) is 0 Å². The van der Waals surface area contributed by atoms with Crippen molar-refractivity contribution in [1.82, 2.24) is 0 Å². The number of alkyl halides is 2. The number of halogens is 2. The first-order valence-electron chi connectivity index (χ1n) is 6.88. The molecule has 6 unspecified atom stereocenters. The zero-order valence-electron chi connectivity index (χ0n) is 13.3. The summed E-state index contributed by atoms with van der Waals surface area (Å²) in [5.74, 6) is 0.356. The van der Waals surface area contributed by atoms with Gasteiger partial charge in [-0.25, -0.2) is 8.78 Å². The van der Waals surface area contributed by atoms with Crippen LogP contribution < -0.4 is 0 Å². The highest BCUT2D eigenvalue weighted by molar-refractivity contribution is 7.29. The smallest absolute Gasteiger partial charge is 0.136 e. The van der Waals surface area contributed by atoms with Crippen molar-refractivity contribution in [3.63, 3.8) is 0 Å². The summed E-state index contributed by atoms with van der Waals surface area (Å²) < 4.78 is 29.4. The summed E-state index contributed by atoms with van der Waals surface area (Å²) in [6.45, 7) is 9.46. The van der Waals surface area contributed by atoms with Crippen molar-refractivity contribution >= 4 is 35.6 Å². The molecule has 0 heterocycles. The fourth-order valence-corrected chi connectivity index (χ4v) is 4.16. The first kappa shape index (κ1) is 19.5. The lowest BCUT2D eigenvalue weighted by atomic mass is 9.76. The molecule has 21 heavy (non-hydrogen) atoms. The van der Waals surface area contributed by atoms with E-state index < -0.39 is 15.9 Å². The molecular weight excluding hydrogens is 322 g/mol. The first-order chi connectivity index (χ1) is 9.23. The maximum atomic E-state index is 14.8. The molecule has 1 aromatic rings. The summed E-state index contributed by atoms with van der Waals surface area (Å²) in [5, 5.41) is -5.82. The van der Waals surface area contributed by atoms with Gasteiger partial charge in [-0.15, -0.1) is 18.5 Å². The zero-order valence-corrected chi connectivity index (χ0v) is 16.8. The molecule has 6 atom stereocenters. The van der Waals surface area contributed by atoms with Crippen LogP contribution in [0.3, 0.4) is 0 Å². The van der Waals surface area contributed by atoms with E-state index in [2.05, 4.69) is 32.3 Å². The third-order valence-corrected chi connectivity index (χ3v) is 6.92. The first-order valence-corrected chi connectivity index (χ1v) is 8.61. The van der Waals surface area contributed by atoms with Crippen LogP contribution in [0.2, 0.25) is 0 Å². The lowest BCUT2D eigenvalue weighted by Gasteiger charge is -2.46. The molecule has 0 aliphatic rings. The van der Waals surface area contributed by atoms with Crippen molar-refractivity contribution in [3.05, 3.63) is 34.4 Å². The highest BCUT2D eigenvalue weighted by Crippen LogP contribution is 2.57. The second kappa shape index (κ2) is 6.15. The maximum Gasteiger partial charge on any atom is 0.136 e. The Hall–Kier alpha value is 0.435. The van der Waals surface area contributed by atoms with Crippen LogP contribution >= 0.6 is 27.7 Å². The summed E-state index contributed by atoms with van der Waals surface area (Å²) in [6.07, 6.45) is 0. The fraction of sp³-hybridized carbons (Fsp3) is 0.600. The van der Waals surface area contributed by atoms with Crippen molar-refractivity contribution in [1.29, 1.82) is 0 Å². The van der Waals surface area contributed by atoms with E-state index in [-0.39, 0.29) is 0 Å². The second-order valence-corrected chi connectivity index (χ2v) is 9.12. The molecular formula is C15H24BF2P3. The van der Waals surface area contributed by atoms with Crippen LogP contribution in [0, 0.1) is 13.8 Å². The largest absolute Gasteiger partial charge is 0.249 e. The van der Waals surface area contributed by atoms with E-state index in [0.717, 1.165) is 11.1 Å². The van der Waals surface area contributed by atoms with E-state index in [1.807, 2.05) is 35.2 Å². The minimum Gasteiger partial charge on any atom is -0.249 e. The minimum absolute atomic E-state index is 0.356. The topological polar surface area (TPSA) is 0 Å². The molecule has 0 N–H and O–H groups in total. The van der Waals surface area contributed by atoms with Crippen molar-refractivity contribution in [3.8, 4) is 0 Å². The normalized spacial score (nSPS) is 20.7. The van der Waals surface area contributed by atoms with Crippen LogP contribution in [0.4, 0.5) is 8.78 Å². The molecule has 0 aromatic heterocycles. The third-order valence-electron chi connectivity index (χ3n) is 4.00. The van der Waals surface area contributed by atoms with E-state index >= 15 is 0 Å². The number of aryl methyl sites for hydroxylation is 2. The molecule has 0 spiro atoms. The monoisotopic (exact) mass is 346 g/mol. The van der Waals surface area contributed by atoms with Crippen LogP contribution in [0.5, 0.6) is 0 Å². The average Bonchev–Trinajstić information content (AvgIpc) is 2.22. The van der Waals surface area contributed by atoms with Crippen molar-refractivity contribution in [2.24, 2.45) is 0 Å². The molecule has 2 radical (unpaired) electrons. The lowest BCUT2D eigenvalue weighted by molar-refractivity contribution is 0.165. The molecule has 6 heteroatoms. The van der Waals surface area contributed by atoms with Gasteiger partial charge in [0.15, 0.2) is 0 Å². The summed E-state index contributed by atoms with van der Waals surface area (Å²) in [6, 6.07) is 3.67. The minimum atomic E-state index is -2.30. The maximum absolute atomic E-state index is 14.8. The number of rotatable bonds is 4. The average molecular weight is 346 g/mol. The van der Waals surface area contributed by atoms with E-state index in [9.17, 15) is 8.78 Å². The fourth-order valence-electron chi connectivity index (χ4n) is 2.99. The third kappa shape index (κ3) is 3.52. The Morgan fingerprint density at radius 1 is 1.05 bits per heavy atom. The van der Waals surface area contributed by atoms with E-state index in [1.54, 1.807) is 0 Å². The highest BCUT2D eigenvalue weighted by atomic mass is 31.0. The lowest BCUT2D eigenvalue weighted by Crippen LogP contribution is -2.50. The Bertz CT molecular complexity index is 494. The van der Waals surface area contributed by atoms with Crippen molar-refractivity contribution in [2.75, 3.05) is 0 Å². The van der Waals surface area contributed by atoms with E-state index in [1.165, 1.54) is 12.5 Å². The Morgan fingerprint density at radius 2 is 1.43 bits per heavy atom.